The second-order valence-corrected chi connectivity index (χ2v) is 12.9. The third kappa shape index (κ3) is 4.65. The molecule has 50 heavy (non-hydrogen) atoms. The molecule has 2 heteroatoms. The van der Waals surface area contributed by atoms with Crippen molar-refractivity contribution in [1.82, 2.24) is 0 Å². The zero-order valence-electron chi connectivity index (χ0n) is 27.3. The molecule has 0 N–H and O–H groups in total. The van der Waals surface area contributed by atoms with E-state index in [-0.39, 0.29) is 0 Å². The van der Waals surface area contributed by atoms with E-state index in [0.29, 0.717) is 0 Å². The Morgan fingerprint density at radius 2 is 0.940 bits per heavy atom. The second kappa shape index (κ2) is 11.5. The number of para-hydroxylation sites is 1. The first kappa shape index (κ1) is 28.4. The van der Waals surface area contributed by atoms with Gasteiger partial charge in [0, 0.05) is 33.2 Å². The first-order valence-corrected chi connectivity index (χ1v) is 17.1. The molecule has 0 radical (unpaired) electrons. The van der Waals surface area contributed by atoms with Gasteiger partial charge in [0.25, 0.3) is 0 Å². The van der Waals surface area contributed by atoms with Crippen LogP contribution in [0.4, 0.5) is 17.1 Å². The van der Waals surface area contributed by atoms with Crippen molar-refractivity contribution in [2.45, 2.75) is 0 Å². The van der Waals surface area contributed by atoms with E-state index in [9.17, 15) is 0 Å². The summed E-state index contributed by atoms with van der Waals surface area (Å²) < 4.78 is 6.60. The zero-order chi connectivity index (χ0) is 33.0. The molecule has 0 spiro atoms. The predicted molar refractivity (Wildman–Crippen MR) is 212 cm³/mol. The quantitative estimate of drug-likeness (QED) is 0.175. The molecule has 10 rings (SSSR count). The topological polar surface area (TPSA) is 16.4 Å². The standard InChI is InChI=1S/C48H31NO/c1-3-11-33(12-4-1)44-31-46-45-30-39(26-28-47(45)50-48(46)43-18-10-9-17-42(43)44)49(37-14-5-2-6-15-37)38-24-21-32(22-25-38)35-23-27-41-36(29-35)20-19-34-13-7-8-16-40(34)41/h1-31H. The van der Waals surface area contributed by atoms with E-state index < -0.39 is 0 Å². The first-order valence-electron chi connectivity index (χ1n) is 17.1. The largest absolute Gasteiger partial charge is 0.455 e. The summed E-state index contributed by atoms with van der Waals surface area (Å²) in [4.78, 5) is 2.33. The molecule has 10 aromatic rings. The molecule has 0 atom stereocenters. The number of anilines is 3. The average Bonchev–Trinajstić information content (AvgIpc) is 3.57. The van der Waals surface area contributed by atoms with Crippen LogP contribution in [0.15, 0.2) is 192 Å². The number of nitrogens with zero attached hydrogens (tertiary/aromatic N) is 1. The number of hydrogen-bond acceptors (Lipinski definition) is 2. The van der Waals surface area contributed by atoms with Crippen LogP contribution in [0, 0.1) is 0 Å². The lowest BCUT2D eigenvalue weighted by atomic mass is 9.95. The Balaban J connectivity index is 1.10. The van der Waals surface area contributed by atoms with Crippen molar-refractivity contribution in [2.75, 3.05) is 4.90 Å². The van der Waals surface area contributed by atoms with Crippen LogP contribution in [0.5, 0.6) is 0 Å². The summed E-state index contributed by atoms with van der Waals surface area (Å²) >= 11 is 0. The summed E-state index contributed by atoms with van der Waals surface area (Å²) in [7, 11) is 0. The minimum Gasteiger partial charge on any atom is -0.455 e. The van der Waals surface area contributed by atoms with Gasteiger partial charge in [-0.25, -0.2) is 0 Å². The first-order chi connectivity index (χ1) is 24.8. The van der Waals surface area contributed by atoms with Crippen LogP contribution < -0.4 is 4.90 Å². The molecule has 9 aromatic carbocycles. The average molecular weight is 638 g/mol. The smallest absolute Gasteiger partial charge is 0.143 e. The maximum absolute atomic E-state index is 6.60. The summed E-state index contributed by atoms with van der Waals surface area (Å²) in [5, 5.41) is 9.62. The number of hydrogen-bond donors (Lipinski definition) is 0. The molecule has 1 aromatic heterocycles. The van der Waals surface area contributed by atoms with Crippen LogP contribution in [0.3, 0.4) is 0 Å². The van der Waals surface area contributed by atoms with Crippen molar-refractivity contribution in [3.05, 3.63) is 188 Å². The summed E-state index contributed by atoms with van der Waals surface area (Å²) in [6.45, 7) is 0. The molecule has 0 aliphatic heterocycles. The fourth-order valence-corrected chi connectivity index (χ4v) is 7.60. The lowest BCUT2D eigenvalue weighted by Gasteiger charge is -2.25. The van der Waals surface area contributed by atoms with Crippen molar-refractivity contribution in [2.24, 2.45) is 0 Å². The Hall–Kier alpha value is -6.64. The van der Waals surface area contributed by atoms with Gasteiger partial charge in [-0.3, -0.25) is 0 Å². The number of furan rings is 1. The Bertz CT molecular complexity index is 2850. The van der Waals surface area contributed by atoms with Crippen molar-refractivity contribution in [3.8, 4) is 22.3 Å². The van der Waals surface area contributed by atoms with Crippen LogP contribution in [-0.2, 0) is 0 Å². The Labute approximate surface area is 290 Å². The molecule has 0 aliphatic rings. The van der Waals surface area contributed by atoms with E-state index in [4.69, 9.17) is 4.42 Å². The SMILES string of the molecule is c1ccc(-c2cc3c4cc(N(c5ccccc5)c5ccc(-c6ccc7c(ccc8ccccc87)c6)cc5)ccc4oc3c3ccccc23)cc1. The normalized spacial score (nSPS) is 11.6. The van der Waals surface area contributed by atoms with Gasteiger partial charge in [-0.05, 0) is 104 Å². The summed E-state index contributed by atoms with van der Waals surface area (Å²) in [6, 6.07) is 67.4. The van der Waals surface area contributed by atoms with E-state index in [1.807, 2.05) is 0 Å². The molecular formula is C48H31NO. The van der Waals surface area contributed by atoms with E-state index in [0.717, 1.165) is 44.4 Å². The van der Waals surface area contributed by atoms with Crippen LogP contribution in [0.25, 0.3) is 76.5 Å². The fourth-order valence-electron chi connectivity index (χ4n) is 7.60. The lowest BCUT2D eigenvalue weighted by molar-refractivity contribution is 0.672. The van der Waals surface area contributed by atoms with E-state index >= 15 is 0 Å². The van der Waals surface area contributed by atoms with Gasteiger partial charge in [-0.15, -0.1) is 0 Å². The van der Waals surface area contributed by atoms with Crippen LogP contribution in [0.1, 0.15) is 0 Å². The number of benzene rings is 9. The molecule has 0 saturated carbocycles. The van der Waals surface area contributed by atoms with Crippen molar-refractivity contribution >= 4 is 71.3 Å². The molecule has 0 aliphatic carbocycles. The van der Waals surface area contributed by atoms with Gasteiger partial charge in [-0.1, -0.05) is 133 Å². The van der Waals surface area contributed by atoms with Gasteiger partial charge in [0.2, 0.25) is 0 Å². The van der Waals surface area contributed by atoms with E-state index in [1.165, 1.54) is 49.2 Å². The third-order valence-electron chi connectivity index (χ3n) is 10.0. The van der Waals surface area contributed by atoms with E-state index in [2.05, 4.69) is 193 Å². The van der Waals surface area contributed by atoms with Crippen molar-refractivity contribution in [1.29, 1.82) is 0 Å². The molecule has 0 unspecified atom stereocenters. The lowest BCUT2D eigenvalue weighted by Crippen LogP contribution is -2.09. The minimum atomic E-state index is 0.881. The molecular weight excluding hydrogens is 607 g/mol. The Morgan fingerprint density at radius 1 is 0.320 bits per heavy atom. The maximum atomic E-state index is 6.60. The van der Waals surface area contributed by atoms with Crippen LogP contribution >= 0.6 is 0 Å². The zero-order valence-corrected chi connectivity index (χ0v) is 27.3. The minimum absolute atomic E-state index is 0.881. The molecule has 1 heterocycles. The summed E-state index contributed by atoms with van der Waals surface area (Å²) in [5.41, 5.74) is 9.87. The predicted octanol–water partition coefficient (Wildman–Crippen LogP) is 13.8. The molecule has 0 amide bonds. The molecule has 2 nitrogen and oxygen atoms in total. The molecule has 0 fully saturated rings. The van der Waals surface area contributed by atoms with Crippen LogP contribution in [0.2, 0.25) is 0 Å². The van der Waals surface area contributed by atoms with Gasteiger partial charge < -0.3 is 9.32 Å². The van der Waals surface area contributed by atoms with Gasteiger partial charge in [0.05, 0.1) is 0 Å². The van der Waals surface area contributed by atoms with Crippen molar-refractivity contribution in [3.63, 3.8) is 0 Å². The molecule has 0 saturated heterocycles. The molecule has 0 bridgehead atoms. The highest BCUT2D eigenvalue weighted by Crippen LogP contribution is 2.43. The fraction of sp³-hybridized carbons (Fsp3) is 0. The summed E-state index contributed by atoms with van der Waals surface area (Å²) in [5.74, 6) is 0. The summed E-state index contributed by atoms with van der Waals surface area (Å²) in [6.07, 6.45) is 0. The van der Waals surface area contributed by atoms with Gasteiger partial charge in [0.15, 0.2) is 0 Å². The third-order valence-corrected chi connectivity index (χ3v) is 10.0. The Morgan fingerprint density at radius 3 is 1.76 bits per heavy atom. The van der Waals surface area contributed by atoms with E-state index in [1.54, 1.807) is 0 Å². The monoisotopic (exact) mass is 637 g/mol. The highest BCUT2D eigenvalue weighted by molar-refractivity contribution is 6.19. The van der Waals surface area contributed by atoms with Gasteiger partial charge in [0.1, 0.15) is 11.2 Å². The Kier molecular flexibility index (Phi) is 6.53. The number of fused-ring (bicyclic) bond motifs is 8. The second-order valence-electron chi connectivity index (χ2n) is 12.9. The van der Waals surface area contributed by atoms with Gasteiger partial charge in [-0.2, -0.15) is 0 Å². The highest BCUT2D eigenvalue weighted by atomic mass is 16.3. The highest BCUT2D eigenvalue weighted by Gasteiger charge is 2.18. The maximum Gasteiger partial charge on any atom is 0.143 e. The van der Waals surface area contributed by atoms with Crippen molar-refractivity contribution < 1.29 is 4.42 Å². The van der Waals surface area contributed by atoms with Crippen LogP contribution in [-0.4, -0.2) is 0 Å². The van der Waals surface area contributed by atoms with Gasteiger partial charge >= 0.3 is 0 Å². The number of rotatable bonds is 5. The molecule has 234 valence electrons.